The molecule has 2 aromatic heterocycles. The number of alkyl halides is 3. The molecule has 0 atom stereocenters. The van der Waals surface area contributed by atoms with Gasteiger partial charge in [-0.15, -0.1) is 0 Å². The SMILES string of the molecule is FC(F)(F)c1cc(Nc2cc(-c3cccnc3)nc(NC3CCCC3)n2)ccc1Cl. The molecule has 4 rings (SSSR count). The van der Waals surface area contributed by atoms with E-state index in [1.54, 1.807) is 24.5 Å². The van der Waals surface area contributed by atoms with Crippen molar-refractivity contribution in [3.63, 3.8) is 0 Å². The van der Waals surface area contributed by atoms with Crippen molar-refractivity contribution in [2.45, 2.75) is 37.9 Å². The molecule has 2 heterocycles. The standard InChI is InChI=1S/C21H19ClF3N5/c22-17-8-7-15(10-16(17)21(23,24)25)27-19-11-18(13-4-3-9-26-12-13)29-20(30-19)28-14-5-1-2-6-14/h3-4,7-12,14H,1-2,5-6H2,(H2,27,28,29,30). The second kappa shape index (κ2) is 8.47. The van der Waals surface area contributed by atoms with Crippen molar-refractivity contribution in [2.24, 2.45) is 0 Å². The van der Waals surface area contributed by atoms with Crippen LogP contribution < -0.4 is 10.6 Å². The Morgan fingerprint density at radius 3 is 2.53 bits per heavy atom. The van der Waals surface area contributed by atoms with Crippen LogP contribution in [-0.2, 0) is 6.18 Å². The average molecular weight is 434 g/mol. The molecule has 0 amide bonds. The van der Waals surface area contributed by atoms with Gasteiger partial charge in [0.1, 0.15) is 5.82 Å². The topological polar surface area (TPSA) is 62.7 Å². The predicted octanol–water partition coefficient (Wildman–Crippen LogP) is 6.31. The number of nitrogens with one attached hydrogen (secondary N) is 2. The second-order valence-electron chi connectivity index (χ2n) is 7.15. The minimum atomic E-state index is -4.55. The first kappa shape index (κ1) is 20.4. The summed E-state index contributed by atoms with van der Waals surface area (Å²) in [6.07, 6.45) is 3.16. The Kier molecular flexibility index (Phi) is 5.76. The van der Waals surface area contributed by atoms with Crippen LogP contribution in [-0.4, -0.2) is 21.0 Å². The molecule has 0 radical (unpaired) electrons. The summed E-state index contributed by atoms with van der Waals surface area (Å²) in [6, 6.07) is 9.29. The van der Waals surface area contributed by atoms with Crippen LogP contribution in [0.3, 0.4) is 0 Å². The Balaban J connectivity index is 1.68. The third-order valence-corrected chi connectivity index (χ3v) is 5.25. The highest BCUT2D eigenvalue weighted by Gasteiger charge is 2.33. The highest BCUT2D eigenvalue weighted by atomic mass is 35.5. The van der Waals surface area contributed by atoms with Crippen molar-refractivity contribution in [3.05, 3.63) is 59.4 Å². The number of halogens is 4. The summed E-state index contributed by atoms with van der Waals surface area (Å²) >= 11 is 5.72. The van der Waals surface area contributed by atoms with Gasteiger partial charge < -0.3 is 10.6 Å². The molecule has 0 saturated heterocycles. The number of aromatic nitrogens is 3. The molecular weight excluding hydrogens is 415 g/mol. The summed E-state index contributed by atoms with van der Waals surface area (Å²) in [5.41, 5.74) is 0.727. The Hall–Kier alpha value is -2.87. The van der Waals surface area contributed by atoms with Gasteiger partial charge in [-0.2, -0.15) is 18.2 Å². The van der Waals surface area contributed by atoms with E-state index in [-0.39, 0.29) is 16.8 Å². The van der Waals surface area contributed by atoms with Gasteiger partial charge >= 0.3 is 6.18 Å². The Morgan fingerprint density at radius 2 is 1.83 bits per heavy atom. The molecule has 0 bridgehead atoms. The van der Waals surface area contributed by atoms with Gasteiger partial charge in [-0.25, -0.2) is 4.98 Å². The highest BCUT2D eigenvalue weighted by molar-refractivity contribution is 6.31. The molecule has 0 aliphatic heterocycles. The van der Waals surface area contributed by atoms with Crippen molar-refractivity contribution in [1.82, 2.24) is 15.0 Å². The summed E-state index contributed by atoms with van der Waals surface area (Å²) in [7, 11) is 0. The van der Waals surface area contributed by atoms with Crippen LogP contribution in [0.15, 0.2) is 48.8 Å². The molecule has 1 aliphatic carbocycles. The normalized spacial score (nSPS) is 14.7. The fourth-order valence-electron chi connectivity index (χ4n) is 3.46. The fraction of sp³-hybridized carbons (Fsp3) is 0.286. The van der Waals surface area contributed by atoms with Gasteiger partial charge in [-0.3, -0.25) is 4.98 Å². The van der Waals surface area contributed by atoms with Gasteiger partial charge in [0, 0.05) is 35.8 Å². The predicted molar refractivity (Wildman–Crippen MR) is 111 cm³/mol. The van der Waals surface area contributed by atoms with Crippen LogP contribution in [0.1, 0.15) is 31.2 Å². The van der Waals surface area contributed by atoms with Crippen molar-refractivity contribution in [1.29, 1.82) is 0 Å². The van der Waals surface area contributed by atoms with Crippen molar-refractivity contribution < 1.29 is 13.2 Å². The lowest BCUT2D eigenvalue weighted by Crippen LogP contribution is -2.17. The molecule has 0 unspecified atom stereocenters. The summed E-state index contributed by atoms with van der Waals surface area (Å²) in [6.45, 7) is 0. The first-order valence-electron chi connectivity index (χ1n) is 9.58. The zero-order valence-corrected chi connectivity index (χ0v) is 16.6. The van der Waals surface area contributed by atoms with Gasteiger partial charge in [-0.05, 0) is 43.2 Å². The molecule has 1 aliphatic rings. The van der Waals surface area contributed by atoms with E-state index in [0.717, 1.165) is 37.3 Å². The van der Waals surface area contributed by atoms with Crippen molar-refractivity contribution >= 4 is 29.1 Å². The van der Waals surface area contributed by atoms with Crippen LogP contribution in [0.5, 0.6) is 0 Å². The molecule has 3 aromatic rings. The van der Waals surface area contributed by atoms with Crippen molar-refractivity contribution in [2.75, 3.05) is 10.6 Å². The molecule has 2 N–H and O–H groups in total. The molecule has 1 aromatic carbocycles. The van der Waals surface area contributed by atoms with Gasteiger partial charge in [0.05, 0.1) is 16.3 Å². The molecule has 5 nitrogen and oxygen atoms in total. The first-order valence-corrected chi connectivity index (χ1v) is 9.96. The molecular formula is C21H19ClF3N5. The maximum Gasteiger partial charge on any atom is 0.417 e. The summed E-state index contributed by atoms with van der Waals surface area (Å²) < 4.78 is 39.6. The lowest BCUT2D eigenvalue weighted by atomic mass is 10.2. The molecule has 9 heteroatoms. The third-order valence-electron chi connectivity index (χ3n) is 4.92. The number of benzene rings is 1. The third kappa shape index (κ3) is 4.81. The fourth-order valence-corrected chi connectivity index (χ4v) is 3.68. The lowest BCUT2D eigenvalue weighted by molar-refractivity contribution is -0.137. The molecule has 156 valence electrons. The molecule has 1 saturated carbocycles. The zero-order chi connectivity index (χ0) is 21.1. The smallest absolute Gasteiger partial charge is 0.351 e. The number of rotatable bonds is 5. The largest absolute Gasteiger partial charge is 0.417 e. The van der Waals surface area contributed by atoms with Crippen LogP contribution in [0.2, 0.25) is 5.02 Å². The number of hydrogen-bond donors (Lipinski definition) is 2. The quantitative estimate of drug-likeness (QED) is 0.493. The number of nitrogens with zero attached hydrogens (tertiary/aromatic N) is 3. The zero-order valence-electron chi connectivity index (χ0n) is 15.9. The van der Waals surface area contributed by atoms with E-state index >= 15 is 0 Å². The van der Waals surface area contributed by atoms with Crippen LogP contribution in [0, 0.1) is 0 Å². The summed E-state index contributed by atoms with van der Waals surface area (Å²) in [4.78, 5) is 13.2. The van der Waals surface area contributed by atoms with E-state index < -0.39 is 11.7 Å². The number of pyridine rings is 1. The Bertz CT molecular complexity index is 1020. The minimum Gasteiger partial charge on any atom is -0.351 e. The Morgan fingerprint density at radius 1 is 1.03 bits per heavy atom. The maximum absolute atomic E-state index is 13.2. The van der Waals surface area contributed by atoms with E-state index in [1.165, 1.54) is 12.1 Å². The van der Waals surface area contributed by atoms with E-state index in [0.29, 0.717) is 17.5 Å². The van der Waals surface area contributed by atoms with Gasteiger partial charge in [-0.1, -0.05) is 24.4 Å². The van der Waals surface area contributed by atoms with E-state index in [9.17, 15) is 13.2 Å². The Labute approximate surface area is 176 Å². The number of anilines is 3. The second-order valence-corrected chi connectivity index (χ2v) is 7.55. The average Bonchev–Trinajstić information content (AvgIpc) is 3.22. The van der Waals surface area contributed by atoms with Crippen LogP contribution in [0.25, 0.3) is 11.3 Å². The van der Waals surface area contributed by atoms with E-state index in [2.05, 4.69) is 25.6 Å². The van der Waals surface area contributed by atoms with Crippen LogP contribution >= 0.6 is 11.6 Å². The number of hydrogen-bond acceptors (Lipinski definition) is 5. The van der Waals surface area contributed by atoms with Crippen LogP contribution in [0.4, 0.5) is 30.6 Å². The van der Waals surface area contributed by atoms with Gasteiger partial charge in [0.15, 0.2) is 0 Å². The summed E-state index contributed by atoms with van der Waals surface area (Å²) in [5.74, 6) is 0.801. The molecule has 1 fully saturated rings. The van der Waals surface area contributed by atoms with E-state index in [4.69, 9.17) is 11.6 Å². The minimum absolute atomic E-state index is 0.231. The van der Waals surface area contributed by atoms with Gasteiger partial charge in [0.2, 0.25) is 5.95 Å². The molecule has 0 spiro atoms. The van der Waals surface area contributed by atoms with Gasteiger partial charge in [0.25, 0.3) is 0 Å². The monoisotopic (exact) mass is 433 g/mol. The highest BCUT2D eigenvalue weighted by Crippen LogP contribution is 2.37. The lowest BCUT2D eigenvalue weighted by Gasteiger charge is -2.16. The van der Waals surface area contributed by atoms with Crippen molar-refractivity contribution in [3.8, 4) is 11.3 Å². The first-order chi connectivity index (χ1) is 14.4. The molecule has 30 heavy (non-hydrogen) atoms. The maximum atomic E-state index is 13.2. The summed E-state index contributed by atoms with van der Waals surface area (Å²) in [5, 5.41) is 5.94. The van der Waals surface area contributed by atoms with E-state index in [1.807, 2.05) is 6.07 Å².